The second-order valence-corrected chi connectivity index (χ2v) is 5.89. The number of unbranched alkanes of at least 4 members (excludes halogenated alkanes) is 3. The van der Waals surface area contributed by atoms with Crippen molar-refractivity contribution in [3.05, 3.63) is 34.9 Å². The van der Waals surface area contributed by atoms with E-state index in [2.05, 4.69) is 10.6 Å². The minimum absolute atomic E-state index is 0.0508. The molecule has 0 spiro atoms. The highest BCUT2D eigenvalue weighted by atomic mass is 16.4. The van der Waals surface area contributed by atoms with Crippen LogP contribution in [0.1, 0.15) is 53.6 Å². The molecular formula is C18H26N2O4. The molecule has 0 fully saturated rings. The van der Waals surface area contributed by atoms with Crippen LogP contribution in [0.5, 0.6) is 0 Å². The molecule has 0 saturated carbocycles. The molecule has 0 atom stereocenters. The van der Waals surface area contributed by atoms with Crippen LogP contribution in [-0.4, -0.2) is 36.0 Å². The van der Waals surface area contributed by atoms with Crippen molar-refractivity contribution in [1.29, 1.82) is 0 Å². The summed E-state index contributed by atoms with van der Waals surface area (Å²) >= 11 is 0. The molecule has 0 heterocycles. The molecule has 0 radical (unpaired) electrons. The van der Waals surface area contributed by atoms with Gasteiger partial charge in [-0.1, -0.05) is 18.9 Å². The highest BCUT2D eigenvalue weighted by Crippen LogP contribution is 2.09. The average molecular weight is 334 g/mol. The average Bonchev–Trinajstić information content (AvgIpc) is 2.54. The Balaban J connectivity index is 2.16. The fourth-order valence-electron chi connectivity index (χ4n) is 2.19. The molecule has 6 heteroatoms. The Morgan fingerprint density at radius 3 is 2.33 bits per heavy atom. The Morgan fingerprint density at radius 2 is 1.67 bits per heavy atom. The van der Waals surface area contributed by atoms with Gasteiger partial charge in [-0.05, 0) is 49.9 Å². The molecule has 3 N–H and O–H groups in total. The smallest absolute Gasteiger partial charge is 0.303 e. The van der Waals surface area contributed by atoms with Gasteiger partial charge in [0.25, 0.3) is 5.91 Å². The van der Waals surface area contributed by atoms with Crippen LogP contribution in [0.25, 0.3) is 0 Å². The van der Waals surface area contributed by atoms with Crippen molar-refractivity contribution in [2.24, 2.45) is 0 Å². The van der Waals surface area contributed by atoms with Gasteiger partial charge in [0.1, 0.15) is 0 Å². The summed E-state index contributed by atoms with van der Waals surface area (Å²) in [7, 11) is 0. The van der Waals surface area contributed by atoms with Crippen molar-refractivity contribution in [2.45, 2.75) is 46.0 Å². The highest BCUT2D eigenvalue weighted by Gasteiger charge is 2.08. The van der Waals surface area contributed by atoms with Gasteiger partial charge >= 0.3 is 5.97 Å². The largest absolute Gasteiger partial charge is 0.481 e. The van der Waals surface area contributed by atoms with Crippen molar-refractivity contribution in [3.8, 4) is 0 Å². The van der Waals surface area contributed by atoms with Gasteiger partial charge in [0.2, 0.25) is 5.91 Å². The van der Waals surface area contributed by atoms with Crippen molar-refractivity contribution >= 4 is 17.8 Å². The third-order valence-corrected chi connectivity index (χ3v) is 3.82. The maximum atomic E-state index is 12.0. The topological polar surface area (TPSA) is 95.5 Å². The molecule has 24 heavy (non-hydrogen) atoms. The summed E-state index contributed by atoms with van der Waals surface area (Å²) in [6.07, 6.45) is 3.37. The van der Waals surface area contributed by atoms with E-state index < -0.39 is 5.97 Å². The van der Waals surface area contributed by atoms with Crippen molar-refractivity contribution in [2.75, 3.05) is 13.1 Å². The Hall–Kier alpha value is -2.37. The summed E-state index contributed by atoms with van der Waals surface area (Å²) in [4.78, 5) is 34.0. The summed E-state index contributed by atoms with van der Waals surface area (Å²) in [5, 5.41) is 13.9. The minimum atomic E-state index is -0.775. The van der Waals surface area contributed by atoms with E-state index in [1.54, 1.807) is 12.1 Å². The molecule has 0 aliphatic heterocycles. The molecular weight excluding hydrogens is 308 g/mol. The first-order chi connectivity index (χ1) is 11.4. The molecule has 1 aromatic carbocycles. The van der Waals surface area contributed by atoms with E-state index in [-0.39, 0.29) is 24.8 Å². The van der Waals surface area contributed by atoms with Gasteiger partial charge in [-0.25, -0.2) is 0 Å². The zero-order valence-electron chi connectivity index (χ0n) is 14.4. The van der Waals surface area contributed by atoms with Crippen LogP contribution in [-0.2, 0) is 9.59 Å². The minimum Gasteiger partial charge on any atom is -0.481 e. The summed E-state index contributed by atoms with van der Waals surface area (Å²) in [6, 6.07) is 5.43. The monoisotopic (exact) mass is 334 g/mol. The van der Waals surface area contributed by atoms with Gasteiger partial charge in [0, 0.05) is 18.5 Å². The molecule has 0 aliphatic rings. The number of carbonyl (C=O) groups excluding carboxylic acids is 2. The van der Waals surface area contributed by atoms with Gasteiger partial charge in [-0.2, -0.15) is 0 Å². The van der Waals surface area contributed by atoms with E-state index in [9.17, 15) is 14.4 Å². The maximum Gasteiger partial charge on any atom is 0.303 e. The van der Waals surface area contributed by atoms with Crippen molar-refractivity contribution in [3.63, 3.8) is 0 Å². The molecule has 0 unspecified atom stereocenters. The van der Waals surface area contributed by atoms with Gasteiger partial charge in [0.15, 0.2) is 0 Å². The summed E-state index contributed by atoms with van der Waals surface area (Å²) in [5.74, 6) is -1.26. The lowest BCUT2D eigenvalue weighted by Crippen LogP contribution is -2.37. The number of hydrogen-bond donors (Lipinski definition) is 3. The number of rotatable bonds is 10. The third kappa shape index (κ3) is 7.76. The van der Waals surface area contributed by atoms with Crippen LogP contribution in [0.2, 0.25) is 0 Å². The van der Waals surface area contributed by atoms with Crippen LogP contribution < -0.4 is 10.6 Å². The normalized spacial score (nSPS) is 10.2. The SMILES string of the molecule is Cc1ccc(C(=O)NCC(=O)NCCCCCCC(=O)O)cc1C. The number of carboxylic acids is 1. The second kappa shape index (κ2) is 10.4. The van der Waals surface area contributed by atoms with Crippen LogP contribution in [0.3, 0.4) is 0 Å². The van der Waals surface area contributed by atoms with E-state index >= 15 is 0 Å². The standard InChI is InChI=1S/C18H26N2O4/c1-13-8-9-15(11-14(13)2)18(24)20-12-16(21)19-10-6-4-3-5-7-17(22)23/h8-9,11H,3-7,10,12H2,1-2H3,(H,19,21)(H,20,24)(H,22,23). The molecule has 1 aromatic rings. The first-order valence-electron chi connectivity index (χ1n) is 8.24. The number of aryl methyl sites for hydroxylation is 2. The fraction of sp³-hybridized carbons (Fsp3) is 0.500. The van der Waals surface area contributed by atoms with E-state index in [0.29, 0.717) is 18.5 Å². The lowest BCUT2D eigenvalue weighted by Gasteiger charge is -2.08. The number of hydrogen-bond acceptors (Lipinski definition) is 3. The molecule has 1 rings (SSSR count). The highest BCUT2D eigenvalue weighted by molar-refractivity contribution is 5.96. The first kappa shape index (κ1) is 19.7. The van der Waals surface area contributed by atoms with Crippen LogP contribution in [0.4, 0.5) is 0 Å². The number of aliphatic carboxylic acids is 1. The van der Waals surface area contributed by atoms with Crippen LogP contribution >= 0.6 is 0 Å². The Bertz CT molecular complexity index is 584. The zero-order valence-corrected chi connectivity index (χ0v) is 14.4. The van der Waals surface area contributed by atoms with Gasteiger partial charge in [0.05, 0.1) is 6.54 Å². The predicted octanol–water partition coefficient (Wildman–Crippen LogP) is 2.18. The number of benzene rings is 1. The molecule has 0 saturated heterocycles. The number of carboxylic acid groups (broad SMARTS) is 1. The van der Waals surface area contributed by atoms with Crippen molar-refractivity contribution < 1.29 is 19.5 Å². The Kier molecular flexibility index (Phi) is 8.54. The third-order valence-electron chi connectivity index (χ3n) is 3.82. The number of amides is 2. The number of nitrogens with one attached hydrogen (secondary N) is 2. The lowest BCUT2D eigenvalue weighted by atomic mass is 10.1. The summed E-state index contributed by atoms with van der Waals surface area (Å²) < 4.78 is 0. The molecule has 132 valence electrons. The lowest BCUT2D eigenvalue weighted by molar-refractivity contribution is -0.137. The summed E-state index contributed by atoms with van der Waals surface area (Å²) in [6.45, 7) is 4.40. The second-order valence-electron chi connectivity index (χ2n) is 5.89. The quantitative estimate of drug-likeness (QED) is 0.572. The van der Waals surface area contributed by atoms with E-state index in [1.807, 2.05) is 19.9 Å². The maximum absolute atomic E-state index is 12.0. The van der Waals surface area contributed by atoms with Gasteiger partial charge in [-0.15, -0.1) is 0 Å². The Morgan fingerprint density at radius 1 is 0.958 bits per heavy atom. The van der Waals surface area contributed by atoms with Gasteiger partial charge < -0.3 is 15.7 Å². The van der Waals surface area contributed by atoms with E-state index in [4.69, 9.17) is 5.11 Å². The van der Waals surface area contributed by atoms with Crippen LogP contribution in [0.15, 0.2) is 18.2 Å². The Labute approximate surface area is 142 Å². The van der Waals surface area contributed by atoms with Gasteiger partial charge in [-0.3, -0.25) is 14.4 Å². The number of carbonyl (C=O) groups is 3. The van der Waals surface area contributed by atoms with Crippen molar-refractivity contribution in [1.82, 2.24) is 10.6 Å². The molecule has 2 amide bonds. The van der Waals surface area contributed by atoms with E-state index in [1.165, 1.54) is 0 Å². The predicted molar refractivity (Wildman–Crippen MR) is 92.0 cm³/mol. The van der Waals surface area contributed by atoms with E-state index in [0.717, 1.165) is 30.4 Å². The first-order valence-corrected chi connectivity index (χ1v) is 8.24. The molecule has 0 bridgehead atoms. The zero-order chi connectivity index (χ0) is 17.9. The molecule has 0 aliphatic carbocycles. The molecule has 6 nitrogen and oxygen atoms in total. The molecule has 0 aromatic heterocycles. The fourth-order valence-corrected chi connectivity index (χ4v) is 2.19. The summed E-state index contributed by atoms with van der Waals surface area (Å²) in [5.41, 5.74) is 2.70. The van der Waals surface area contributed by atoms with Crippen LogP contribution in [0, 0.1) is 13.8 Å².